The minimum Gasteiger partial charge on any atom is -0.342 e. The van der Waals surface area contributed by atoms with E-state index in [9.17, 15) is 4.79 Å². The third-order valence-electron chi connectivity index (χ3n) is 2.72. The Morgan fingerprint density at radius 2 is 2.20 bits per heavy atom. The summed E-state index contributed by atoms with van der Waals surface area (Å²) in [6, 6.07) is 2.08. The second kappa shape index (κ2) is 6.73. The number of nitrogens with zero attached hydrogens (tertiary/aromatic N) is 2. The lowest BCUT2D eigenvalue weighted by molar-refractivity contribution is -0.129. The number of amides is 1. The van der Waals surface area contributed by atoms with Crippen LogP contribution in [0.5, 0.6) is 0 Å². The number of hydrogen-bond acceptors (Lipinski definition) is 3. The summed E-state index contributed by atoms with van der Waals surface area (Å²) < 4.78 is 0. The van der Waals surface area contributed by atoms with Crippen LogP contribution in [-0.4, -0.2) is 35.4 Å². The first-order valence-electron chi connectivity index (χ1n) is 5.46. The Labute approximate surface area is 95.8 Å². The topological polar surface area (TPSA) is 44.1 Å². The van der Waals surface area contributed by atoms with Crippen molar-refractivity contribution in [3.8, 4) is 6.07 Å². The molecule has 1 aliphatic rings. The van der Waals surface area contributed by atoms with E-state index < -0.39 is 0 Å². The molecule has 0 aromatic heterocycles. The molecule has 0 saturated carbocycles. The van der Waals surface area contributed by atoms with Crippen molar-refractivity contribution in [1.82, 2.24) is 4.90 Å². The molecule has 0 unspecified atom stereocenters. The van der Waals surface area contributed by atoms with E-state index in [0.717, 1.165) is 37.6 Å². The summed E-state index contributed by atoms with van der Waals surface area (Å²) in [6.07, 6.45) is 2.80. The average Bonchev–Trinajstić information content (AvgIpc) is 2.25. The van der Waals surface area contributed by atoms with Gasteiger partial charge in [0, 0.05) is 25.3 Å². The van der Waals surface area contributed by atoms with E-state index >= 15 is 0 Å². The number of hydrogen-bond donors (Lipinski definition) is 0. The molecule has 0 atom stereocenters. The molecule has 1 amide bonds. The molecule has 0 aliphatic carbocycles. The van der Waals surface area contributed by atoms with Gasteiger partial charge in [-0.3, -0.25) is 4.79 Å². The van der Waals surface area contributed by atoms with Gasteiger partial charge in [0.25, 0.3) is 0 Å². The maximum atomic E-state index is 11.7. The molecule has 0 bridgehead atoms. The molecule has 1 fully saturated rings. The Bertz CT molecular complexity index is 241. The van der Waals surface area contributed by atoms with Gasteiger partial charge in [-0.2, -0.15) is 17.0 Å². The lowest BCUT2D eigenvalue weighted by Crippen LogP contribution is -2.38. The summed E-state index contributed by atoms with van der Waals surface area (Å²) in [5, 5.41) is 8.35. The van der Waals surface area contributed by atoms with Crippen LogP contribution in [0.1, 0.15) is 26.2 Å². The Kier molecular flexibility index (Phi) is 5.56. The van der Waals surface area contributed by atoms with Gasteiger partial charge in [-0.15, -0.1) is 0 Å². The molecule has 84 valence electrons. The normalized spacial score (nSPS) is 17.5. The highest BCUT2D eigenvalue weighted by Gasteiger charge is 2.19. The Morgan fingerprint density at radius 3 is 2.80 bits per heavy atom. The molecule has 0 aromatic carbocycles. The highest BCUT2D eigenvalue weighted by molar-refractivity contribution is 7.99. The second-order valence-electron chi connectivity index (χ2n) is 4.02. The Balaban J connectivity index is 2.14. The van der Waals surface area contributed by atoms with Gasteiger partial charge in [0.2, 0.25) is 5.91 Å². The highest BCUT2D eigenvalue weighted by Crippen LogP contribution is 2.17. The van der Waals surface area contributed by atoms with Crippen LogP contribution in [0.3, 0.4) is 0 Å². The number of rotatable bonds is 4. The molecule has 15 heavy (non-hydrogen) atoms. The first kappa shape index (κ1) is 12.4. The van der Waals surface area contributed by atoms with E-state index in [-0.39, 0.29) is 5.91 Å². The number of nitriles is 1. The molecule has 3 nitrogen and oxygen atoms in total. The quantitative estimate of drug-likeness (QED) is 0.688. The summed E-state index contributed by atoms with van der Waals surface area (Å²) >= 11 is 1.57. The molecule has 1 aliphatic heterocycles. The lowest BCUT2D eigenvalue weighted by atomic mass is 9.99. The molecule has 1 heterocycles. The summed E-state index contributed by atoms with van der Waals surface area (Å²) in [5.41, 5.74) is 0. The zero-order valence-electron chi connectivity index (χ0n) is 9.24. The first-order chi connectivity index (χ1) is 7.24. The van der Waals surface area contributed by atoms with Gasteiger partial charge in [0.15, 0.2) is 0 Å². The molecule has 0 radical (unpaired) electrons. The molecular formula is C11H18N2OS. The van der Waals surface area contributed by atoms with Gasteiger partial charge in [-0.25, -0.2) is 0 Å². The van der Waals surface area contributed by atoms with E-state index in [1.165, 1.54) is 0 Å². The molecule has 0 aromatic rings. The van der Waals surface area contributed by atoms with E-state index in [4.69, 9.17) is 5.26 Å². The van der Waals surface area contributed by atoms with Crippen molar-refractivity contribution in [3.63, 3.8) is 0 Å². The Morgan fingerprint density at radius 1 is 1.53 bits per heavy atom. The van der Waals surface area contributed by atoms with Crippen LogP contribution in [-0.2, 0) is 4.79 Å². The van der Waals surface area contributed by atoms with Gasteiger partial charge in [-0.05, 0) is 18.8 Å². The average molecular weight is 226 g/mol. The number of piperidine rings is 1. The molecular weight excluding hydrogens is 208 g/mol. The third kappa shape index (κ3) is 4.57. The summed E-state index contributed by atoms with van der Waals surface area (Å²) in [4.78, 5) is 13.6. The zero-order valence-corrected chi connectivity index (χ0v) is 10.1. The number of carbonyl (C=O) groups is 1. The van der Waals surface area contributed by atoms with E-state index in [1.807, 2.05) is 4.90 Å². The fourth-order valence-corrected chi connectivity index (χ4v) is 2.36. The van der Waals surface area contributed by atoms with Gasteiger partial charge < -0.3 is 4.90 Å². The first-order valence-corrected chi connectivity index (χ1v) is 6.62. The van der Waals surface area contributed by atoms with Crippen molar-refractivity contribution < 1.29 is 4.79 Å². The van der Waals surface area contributed by atoms with E-state index in [1.54, 1.807) is 11.8 Å². The zero-order chi connectivity index (χ0) is 11.1. The molecule has 4 heteroatoms. The highest BCUT2D eigenvalue weighted by atomic mass is 32.2. The maximum absolute atomic E-state index is 11.7. The predicted octanol–water partition coefficient (Wildman–Crippen LogP) is 1.89. The summed E-state index contributed by atoms with van der Waals surface area (Å²) in [7, 11) is 0. The van der Waals surface area contributed by atoms with Gasteiger partial charge in [0.1, 0.15) is 0 Å². The SMILES string of the molecule is CC1CCN(C(=O)CSCCC#N)CC1. The van der Waals surface area contributed by atoms with Crippen LogP contribution >= 0.6 is 11.8 Å². The van der Waals surface area contributed by atoms with Crippen molar-refractivity contribution in [1.29, 1.82) is 5.26 Å². The van der Waals surface area contributed by atoms with Crippen LogP contribution < -0.4 is 0 Å². The van der Waals surface area contributed by atoms with E-state index in [2.05, 4.69) is 13.0 Å². The van der Waals surface area contributed by atoms with Crippen LogP contribution in [0.15, 0.2) is 0 Å². The fraction of sp³-hybridized carbons (Fsp3) is 0.818. The van der Waals surface area contributed by atoms with Gasteiger partial charge >= 0.3 is 0 Å². The molecule has 0 spiro atoms. The smallest absolute Gasteiger partial charge is 0.232 e. The minimum atomic E-state index is 0.241. The maximum Gasteiger partial charge on any atom is 0.232 e. The number of thioether (sulfide) groups is 1. The Hall–Kier alpha value is -0.690. The summed E-state index contributed by atoms with van der Waals surface area (Å²) in [6.45, 7) is 4.07. The lowest BCUT2D eigenvalue weighted by Gasteiger charge is -2.30. The van der Waals surface area contributed by atoms with E-state index in [0.29, 0.717) is 12.2 Å². The standard InChI is InChI=1S/C11H18N2OS/c1-10-3-6-13(7-4-10)11(14)9-15-8-2-5-12/h10H,2-4,6-9H2,1H3. The fourth-order valence-electron chi connectivity index (χ4n) is 1.63. The van der Waals surface area contributed by atoms with Crippen molar-refractivity contribution in [3.05, 3.63) is 0 Å². The predicted molar refractivity (Wildman–Crippen MR) is 62.5 cm³/mol. The molecule has 0 N–H and O–H groups in total. The van der Waals surface area contributed by atoms with Crippen LogP contribution in [0.4, 0.5) is 0 Å². The van der Waals surface area contributed by atoms with Crippen LogP contribution in [0.2, 0.25) is 0 Å². The van der Waals surface area contributed by atoms with Gasteiger partial charge in [-0.1, -0.05) is 6.92 Å². The second-order valence-corrected chi connectivity index (χ2v) is 5.13. The minimum absolute atomic E-state index is 0.241. The van der Waals surface area contributed by atoms with Crippen LogP contribution in [0.25, 0.3) is 0 Å². The molecule has 1 rings (SSSR count). The third-order valence-corrected chi connectivity index (χ3v) is 3.66. The van der Waals surface area contributed by atoms with Crippen molar-refractivity contribution >= 4 is 17.7 Å². The monoisotopic (exact) mass is 226 g/mol. The van der Waals surface area contributed by atoms with Crippen LogP contribution in [0, 0.1) is 17.2 Å². The summed E-state index contributed by atoms with van der Waals surface area (Å²) in [5.74, 6) is 2.31. The largest absolute Gasteiger partial charge is 0.342 e. The van der Waals surface area contributed by atoms with Crippen molar-refractivity contribution in [2.75, 3.05) is 24.6 Å². The number of carbonyl (C=O) groups excluding carboxylic acids is 1. The van der Waals surface area contributed by atoms with Gasteiger partial charge in [0.05, 0.1) is 11.8 Å². The van der Waals surface area contributed by atoms with Crippen molar-refractivity contribution in [2.24, 2.45) is 5.92 Å². The van der Waals surface area contributed by atoms with Crippen molar-refractivity contribution in [2.45, 2.75) is 26.2 Å². The number of likely N-dealkylation sites (tertiary alicyclic amines) is 1. The molecule has 1 saturated heterocycles.